The van der Waals surface area contributed by atoms with Gasteiger partial charge in [-0.25, -0.2) is 0 Å². The highest BCUT2D eigenvalue weighted by molar-refractivity contribution is 5.71. The van der Waals surface area contributed by atoms with Crippen LogP contribution in [0, 0.1) is 0 Å². The summed E-state index contributed by atoms with van der Waals surface area (Å²) in [6.07, 6.45) is 85.4. The summed E-state index contributed by atoms with van der Waals surface area (Å²) in [5.41, 5.74) is 0. The van der Waals surface area contributed by atoms with Crippen LogP contribution in [0.25, 0.3) is 0 Å². The van der Waals surface area contributed by atoms with Gasteiger partial charge in [0.15, 0.2) is 6.10 Å². The van der Waals surface area contributed by atoms with Crippen molar-refractivity contribution in [2.24, 2.45) is 0 Å². The Bertz CT molecular complexity index is 1420. The SMILES string of the molecule is CC/C=C\C/C=C\C/C=C\C/C=C\CCC(=O)OC(COC(=O)CCCCCCC/C=C\CCCCCC)COC(=O)CCCCCCCCCCCCCCCCCCCCCCC/C=C\CCCCCCCCCC. The number of ether oxygens (including phenoxy) is 3. The number of esters is 3. The standard InChI is InChI=1S/C71H126O6/c1-4-7-10-13-16-19-22-25-26-27-28-29-30-31-32-33-34-35-36-37-38-39-40-41-42-43-44-47-49-52-55-58-61-64-70(73)76-67-68(77-71(74)65-62-59-56-53-50-46-24-21-18-15-12-9-6-3)66-75-69(72)63-60-57-54-51-48-45-23-20-17-14-11-8-5-2/h9,12,18,20-21,23,27-28,46,50,56,59,68H,4-8,10-11,13-17,19,22,24-26,29-45,47-49,51-55,57-58,60-67H2,1-3H3/b12-9-,21-18-,23-20-,28-27-,50-46-,59-56-. The van der Waals surface area contributed by atoms with Gasteiger partial charge in [0.25, 0.3) is 0 Å². The Morgan fingerprint density at radius 3 is 0.857 bits per heavy atom. The maximum Gasteiger partial charge on any atom is 0.306 e. The van der Waals surface area contributed by atoms with Crippen molar-refractivity contribution in [3.63, 3.8) is 0 Å². The van der Waals surface area contributed by atoms with E-state index < -0.39 is 6.10 Å². The molecule has 0 aliphatic rings. The summed E-state index contributed by atoms with van der Waals surface area (Å²) in [5.74, 6) is -0.983. The number of carbonyl (C=O) groups is 3. The highest BCUT2D eigenvalue weighted by Crippen LogP contribution is 2.17. The topological polar surface area (TPSA) is 78.9 Å². The van der Waals surface area contributed by atoms with Crippen molar-refractivity contribution >= 4 is 17.9 Å². The highest BCUT2D eigenvalue weighted by atomic mass is 16.6. The molecule has 0 aromatic rings. The average molecular weight is 1080 g/mol. The fourth-order valence-electron chi connectivity index (χ4n) is 9.68. The van der Waals surface area contributed by atoms with Gasteiger partial charge in [-0.2, -0.15) is 0 Å². The maximum absolute atomic E-state index is 12.8. The average Bonchev–Trinajstić information content (AvgIpc) is 3.43. The molecule has 446 valence electrons. The summed E-state index contributed by atoms with van der Waals surface area (Å²) in [6.45, 7) is 6.47. The lowest BCUT2D eigenvalue weighted by Crippen LogP contribution is -2.30. The Morgan fingerprint density at radius 2 is 0.532 bits per heavy atom. The predicted molar refractivity (Wildman–Crippen MR) is 335 cm³/mol. The molecule has 1 atom stereocenters. The normalized spacial score (nSPS) is 12.5. The molecule has 0 saturated carbocycles. The Morgan fingerprint density at radius 1 is 0.273 bits per heavy atom. The molecule has 0 fully saturated rings. The molecule has 6 heteroatoms. The third kappa shape index (κ3) is 63.6. The fraction of sp³-hybridized carbons (Fsp3) is 0.789. The third-order valence-electron chi connectivity index (χ3n) is 14.7. The number of rotatable bonds is 61. The second-order valence-electron chi connectivity index (χ2n) is 22.3. The highest BCUT2D eigenvalue weighted by Gasteiger charge is 2.19. The minimum atomic E-state index is -0.815. The van der Waals surface area contributed by atoms with Crippen LogP contribution in [0.2, 0.25) is 0 Å². The van der Waals surface area contributed by atoms with Crippen molar-refractivity contribution in [3.05, 3.63) is 72.9 Å². The van der Waals surface area contributed by atoms with E-state index >= 15 is 0 Å². The first-order valence-corrected chi connectivity index (χ1v) is 33.4. The van der Waals surface area contributed by atoms with E-state index in [-0.39, 0.29) is 37.5 Å². The van der Waals surface area contributed by atoms with Crippen LogP contribution in [0.4, 0.5) is 0 Å². The van der Waals surface area contributed by atoms with Crippen molar-refractivity contribution in [2.75, 3.05) is 13.2 Å². The first kappa shape index (κ1) is 73.8. The summed E-state index contributed by atoms with van der Waals surface area (Å²) in [7, 11) is 0. The molecule has 0 spiro atoms. The summed E-state index contributed by atoms with van der Waals surface area (Å²) < 4.78 is 16.8. The molecule has 77 heavy (non-hydrogen) atoms. The maximum atomic E-state index is 12.8. The van der Waals surface area contributed by atoms with Gasteiger partial charge >= 0.3 is 17.9 Å². The third-order valence-corrected chi connectivity index (χ3v) is 14.7. The Kier molecular flexibility index (Phi) is 62.7. The van der Waals surface area contributed by atoms with Gasteiger partial charge in [-0.3, -0.25) is 14.4 Å². The Balaban J connectivity index is 4.10. The lowest BCUT2D eigenvalue weighted by molar-refractivity contribution is -0.166. The van der Waals surface area contributed by atoms with Gasteiger partial charge in [0, 0.05) is 19.3 Å². The molecule has 0 heterocycles. The van der Waals surface area contributed by atoms with Gasteiger partial charge in [0.1, 0.15) is 13.2 Å². The Hall–Kier alpha value is -3.15. The quantitative estimate of drug-likeness (QED) is 0.0261. The molecule has 0 bridgehead atoms. The van der Waals surface area contributed by atoms with Crippen molar-refractivity contribution < 1.29 is 28.6 Å². The van der Waals surface area contributed by atoms with Crippen LogP contribution in [-0.4, -0.2) is 37.2 Å². The van der Waals surface area contributed by atoms with Crippen LogP contribution in [-0.2, 0) is 28.6 Å². The van der Waals surface area contributed by atoms with E-state index in [2.05, 4.69) is 87.6 Å². The molecule has 0 aromatic carbocycles. The zero-order valence-corrected chi connectivity index (χ0v) is 51.2. The fourth-order valence-corrected chi connectivity index (χ4v) is 9.68. The first-order chi connectivity index (χ1) is 38.0. The summed E-state index contributed by atoms with van der Waals surface area (Å²) in [4.78, 5) is 38.1. The predicted octanol–water partition coefficient (Wildman–Crippen LogP) is 22.9. The second-order valence-corrected chi connectivity index (χ2v) is 22.3. The zero-order valence-electron chi connectivity index (χ0n) is 51.2. The van der Waals surface area contributed by atoms with E-state index in [4.69, 9.17) is 14.2 Å². The molecule has 0 saturated heterocycles. The van der Waals surface area contributed by atoms with E-state index in [0.717, 1.165) is 70.6 Å². The zero-order chi connectivity index (χ0) is 55.7. The summed E-state index contributed by atoms with van der Waals surface area (Å²) in [6, 6.07) is 0. The number of allylic oxidation sites excluding steroid dienone is 12. The Labute approximate surface area is 478 Å². The van der Waals surface area contributed by atoms with Crippen LogP contribution in [0.5, 0.6) is 0 Å². The molecular formula is C71H126O6. The van der Waals surface area contributed by atoms with Gasteiger partial charge in [-0.15, -0.1) is 0 Å². The van der Waals surface area contributed by atoms with Crippen LogP contribution >= 0.6 is 0 Å². The van der Waals surface area contributed by atoms with Gasteiger partial charge in [-0.1, -0.05) is 299 Å². The minimum absolute atomic E-state index is 0.104. The molecule has 0 rings (SSSR count). The van der Waals surface area contributed by atoms with Crippen LogP contribution in [0.15, 0.2) is 72.9 Å². The first-order valence-electron chi connectivity index (χ1n) is 33.4. The van der Waals surface area contributed by atoms with E-state index in [9.17, 15) is 14.4 Å². The number of carbonyl (C=O) groups excluding carboxylic acids is 3. The number of unbranched alkanes of at least 4 members (excludes halogenated alkanes) is 38. The summed E-state index contributed by atoms with van der Waals surface area (Å²) >= 11 is 0. The van der Waals surface area contributed by atoms with Crippen molar-refractivity contribution in [3.8, 4) is 0 Å². The lowest BCUT2D eigenvalue weighted by Gasteiger charge is -2.18. The minimum Gasteiger partial charge on any atom is -0.462 e. The number of hydrogen-bond donors (Lipinski definition) is 0. The van der Waals surface area contributed by atoms with E-state index in [0.29, 0.717) is 19.3 Å². The molecule has 0 radical (unpaired) electrons. The van der Waals surface area contributed by atoms with Crippen molar-refractivity contribution in [1.29, 1.82) is 0 Å². The van der Waals surface area contributed by atoms with E-state index in [1.54, 1.807) is 0 Å². The molecule has 0 aromatic heterocycles. The van der Waals surface area contributed by atoms with Gasteiger partial charge in [-0.05, 0) is 96.3 Å². The molecule has 0 amide bonds. The van der Waals surface area contributed by atoms with Gasteiger partial charge in [0.05, 0.1) is 0 Å². The van der Waals surface area contributed by atoms with Crippen LogP contribution in [0.1, 0.15) is 342 Å². The molecular weight excluding hydrogens is 949 g/mol. The molecule has 0 aliphatic carbocycles. The van der Waals surface area contributed by atoms with Crippen molar-refractivity contribution in [2.45, 2.75) is 348 Å². The largest absolute Gasteiger partial charge is 0.462 e. The van der Waals surface area contributed by atoms with Crippen LogP contribution in [0.3, 0.4) is 0 Å². The lowest BCUT2D eigenvalue weighted by atomic mass is 10.0. The molecule has 1 unspecified atom stereocenters. The summed E-state index contributed by atoms with van der Waals surface area (Å²) in [5, 5.41) is 0. The molecule has 0 N–H and O–H groups in total. The molecule has 0 aliphatic heterocycles. The molecule has 6 nitrogen and oxygen atoms in total. The van der Waals surface area contributed by atoms with Gasteiger partial charge in [0.2, 0.25) is 0 Å². The van der Waals surface area contributed by atoms with Crippen LogP contribution < -0.4 is 0 Å². The van der Waals surface area contributed by atoms with E-state index in [1.807, 2.05) is 6.08 Å². The van der Waals surface area contributed by atoms with E-state index in [1.165, 1.54) is 225 Å². The monoisotopic (exact) mass is 1070 g/mol. The second kappa shape index (κ2) is 65.4. The van der Waals surface area contributed by atoms with Gasteiger partial charge < -0.3 is 14.2 Å². The van der Waals surface area contributed by atoms with Crippen molar-refractivity contribution in [1.82, 2.24) is 0 Å². The number of hydrogen-bond acceptors (Lipinski definition) is 6. The smallest absolute Gasteiger partial charge is 0.306 e.